The quantitative estimate of drug-likeness (QED) is 0.642. The fourth-order valence-electron chi connectivity index (χ4n) is 6.81. The maximum atomic E-state index is 10.5. The lowest BCUT2D eigenvalue weighted by Crippen LogP contribution is -2.52. The fourth-order valence-corrected chi connectivity index (χ4v) is 6.81. The second-order valence-electron chi connectivity index (χ2n) is 8.71. The van der Waals surface area contributed by atoms with Crippen molar-refractivity contribution in [3.63, 3.8) is 0 Å². The summed E-state index contributed by atoms with van der Waals surface area (Å²) in [5, 5.41) is 10.5. The van der Waals surface area contributed by atoms with Gasteiger partial charge in [-0.2, -0.15) is 0 Å². The summed E-state index contributed by atoms with van der Waals surface area (Å²) in [7, 11) is 0. The van der Waals surface area contributed by atoms with Gasteiger partial charge in [0.1, 0.15) is 0 Å². The summed E-state index contributed by atoms with van der Waals surface area (Å²) in [4.78, 5) is 0. The first kappa shape index (κ1) is 13.4. The number of hydrogen-bond acceptors (Lipinski definition) is 1. The molecule has 0 heterocycles. The Bertz CT molecular complexity index is 427. The molecule has 7 atom stereocenters. The number of rotatable bonds is 0. The zero-order valence-electron chi connectivity index (χ0n) is 13.1. The first-order valence-corrected chi connectivity index (χ1v) is 8.89. The molecule has 0 bridgehead atoms. The minimum atomic E-state index is -0.0229. The normalized spacial score (nSPS) is 57.9. The van der Waals surface area contributed by atoms with E-state index in [-0.39, 0.29) is 11.5 Å². The van der Waals surface area contributed by atoms with Crippen LogP contribution in [0.1, 0.15) is 65.2 Å². The molecular formula is C19H30O. The summed E-state index contributed by atoms with van der Waals surface area (Å²) in [6.45, 7) is 4.98. The Morgan fingerprint density at radius 1 is 0.900 bits per heavy atom. The SMILES string of the molecule is C[C@]12CC=CC[C@@H]1CC[C@H]1[C@H]2CC[C@]2(C)[C@H](O)CC[C@H]12. The standard InChI is InChI=1S/C19H30O/c1-18-11-4-3-5-13(18)6-7-14-15-8-9-17(20)19(15,2)12-10-16(14)18/h3-4,13-17,20H,5-12H2,1-2H3/t13-,14-,15-,16-,17-,18+,19+/m1/s1. The number of fused-ring (bicyclic) bond motifs is 5. The third-order valence-corrected chi connectivity index (χ3v) is 8.16. The van der Waals surface area contributed by atoms with E-state index in [1.165, 1.54) is 44.9 Å². The van der Waals surface area contributed by atoms with Crippen LogP contribution in [-0.2, 0) is 0 Å². The van der Waals surface area contributed by atoms with Crippen molar-refractivity contribution in [2.24, 2.45) is 34.5 Å². The molecule has 0 unspecified atom stereocenters. The van der Waals surface area contributed by atoms with E-state index in [0.717, 1.165) is 30.1 Å². The predicted molar refractivity (Wildman–Crippen MR) is 82.3 cm³/mol. The highest BCUT2D eigenvalue weighted by atomic mass is 16.3. The molecule has 0 aromatic rings. The molecule has 0 radical (unpaired) electrons. The highest BCUT2D eigenvalue weighted by molar-refractivity contribution is 5.12. The van der Waals surface area contributed by atoms with Crippen molar-refractivity contribution in [1.29, 1.82) is 0 Å². The highest BCUT2D eigenvalue weighted by Crippen LogP contribution is 2.65. The van der Waals surface area contributed by atoms with Crippen LogP contribution in [-0.4, -0.2) is 11.2 Å². The molecule has 3 saturated carbocycles. The molecule has 0 aliphatic heterocycles. The molecule has 4 rings (SSSR count). The lowest BCUT2D eigenvalue weighted by atomic mass is 9.46. The maximum absolute atomic E-state index is 10.5. The Kier molecular flexibility index (Phi) is 2.91. The van der Waals surface area contributed by atoms with Gasteiger partial charge in [0.2, 0.25) is 0 Å². The molecule has 0 spiro atoms. The van der Waals surface area contributed by atoms with Gasteiger partial charge in [-0.15, -0.1) is 0 Å². The summed E-state index contributed by atoms with van der Waals surface area (Å²) in [5.41, 5.74) is 0.807. The van der Waals surface area contributed by atoms with Crippen LogP contribution < -0.4 is 0 Å². The summed E-state index contributed by atoms with van der Waals surface area (Å²) in [6, 6.07) is 0. The van der Waals surface area contributed by atoms with Crippen LogP contribution in [0.15, 0.2) is 12.2 Å². The summed E-state index contributed by atoms with van der Waals surface area (Å²) >= 11 is 0. The van der Waals surface area contributed by atoms with Gasteiger partial charge >= 0.3 is 0 Å². The Hall–Kier alpha value is -0.300. The van der Waals surface area contributed by atoms with Crippen molar-refractivity contribution in [1.82, 2.24) is 0 Å². The van der Waals surface area contributed by atoms with Crippen molar-refractivity contribution >= 4 is 0 Å². The highest BCUT2D eigenvalue weighted by Gasteiger charge is 2.59. The van der Waals surface area contributed by atoms with Gasteiger partial charge in [0.25, 0.3) is 0 Å². The maximum Gasteiger partial charge on any atom is 0.0596 e. The summed E-state index contributed by atoms with van der Waals surface area (Å²) < 4.78 is 0. The topological polar surface area (TPSA) is 20.2 Å². The average Bonchev–Trinajstić information content (AvgIpc) is 2.74. The van der Waals surface area contributed by atoms with Crippen LogP contribution in [0.5, 0.6) is 0 Å². The van der Waals surface area contributed by atoms with E-state index in [1.54, 1.807) is 0 Å². The van der Waals surface area contributed by atoms with E-state index in [2.05, 4.69) is 26.0 Å². The molecule has 112 valence electrons. The molecule has 1 nitrogen and oxygen atoms in total. The molecule has 1 heteroatoms. The van der Waals surface area contributed by atoms with Gasteiger partial charge in [-0.25, -0.2) is 0 Å². The fraction of sp³-hybridized carbons (Fsp3) is 0.895. The van der Waals surface area contributed by atoms with E-state index in [1.807, 2.05) is 0 Å². The van der Waals surface area contributed by atoms with Crippen LogP contribution in [0, 0.1) is 34.5 Å². The van der Waals surface area contributed by atoms with Gasteiger partial charge in [-0.1, -0.05) is 26.0 Å². The predicted octanol–water partition coefficient (Wildman–Crippen LogP) is 4.56. The molecule has 0 amide bonds. The number of hydrogen-bond donors (Lipinski definition) is 1. The summed E-state index contributed by atoms with van der Waals surface area (Å²) in [5.74, 6) is 3.57. The van der Waals surface area contributed by atoms with Gasteiger partial charge in [-0.05, 0) is 85.9 Å². The Labute approximate surface area is 123 Å². The second kappa shape index (κ2) is 4.35. The molecule has 3 fully saturated rings. The molecule has 0 aromatic carbocycles. The molecule has 4 aliphatic rings. The first-order valence-electron chi connectivity index (χ1n) is 8.89. The van der Waals surface area contributed by atoms with Crippen molar-refractivity contribution in [2.75, 3.05) is 0 Å². The smallest absolute Gasteiger partial charge is 0.0596 e. The Morgan fingerprint density at radius 2 is 1.70 bits per heavy atom. The van der Waals surface area contributed by atoms with Crippen LogP contribution in [0.3, 0.4) is 0 Å². The third-order valence-electron chi connectivity index (χ3n) is 8.16. The van der Waals surface area contributed by atoms with Crippen LogP contribution >= 0.6 is 0 Å². The molecule has 20 heavy (non-hydrogen) atoms. The van der Waals surface area contributed by atoms with Crippen molar-refractivity contribution in [3.05, 3.63) is 12.2 Å². The molecule has 0 saturated heterocycles. The molecule has 4 aliphatic carbocycles. The molecule has 0 aromatic heterocycles. The minimum Gasteiger partial charge on any atom is -0.393 e. The first-order chi connectivity index (χ1) is 9.56. The Morgan fingerprint density at radius 3 is 2.55 bits per heavy atom. The molecule has 1 N–H and O–H groups in total. The second-order valence-corrected chi connectivity index (χ2v) is 8.71. The van der Waals surface area contributed by atoms with Crippen LogP contribution in [0.25, 0.3) is 0 Å². The monoisotopic (exact) mass is 274 g/mol. The van der Waals surface area contributed by atoms with Gasteiger partial charge in [0, 0.05) is 0 Å². The van der Waals surface area contributed by atoms with Gasteiger partial charge < -0.3 is 5.11 Å². The van der Waals surface area contributed by atoms with Crippen molar-refractivity contribution < 1.29 is 5.11 Å². The van der Waals surface area contributed by atoms with E-state index in [0.29, 0.717) is 5.41 Å². The van der Waals surface area contributed by atoms with E-state index in [4.69, 9.17) is 0 Å². The third kappa shape index (κ3) is 1.59. The minimum absolute atomic E-state index is 0.0229. The zero-order valence-corrected chi connectivity index (χ0v) is 13.1. The lowest BCUT2D eigenvalue weighted by molar-refractivity contribution is -0.108. The molecular weight excluding hydrogens is 244 g/mol. The Balaban J connectivity index is 1.66. The van der Waals surface area contributed by atoms with Crippen molar-refractivity contribution in [3.8, 4) is 0 Å². The zero-order chi connectivity index (χ0) is 14.0. The number of aliphatic hydroxyl groups excluding tert-OH is 1. The van der Waals surface area contributed by atoms with E-state index in [9.17, 15) is 5.11 Å². The van der Waals surface area contributed by atoms with Crippen molar-refractivity contribution in [2.45, 2.75) is 71.3 Å². The van der Waals surface area contributed by atoms with Gasteiger partial charge in [0.15, 0.2) is 0 Å². The number of allylic oxidation sites excluding steroid dienone is 2. The van der Waals surface area contributed by atoms with Gasteiger partial charge in [-0.3, -0.25) is 0 Å². The van der Waals surface area contributed by atoms with Crippen LogP contribution in [0.4, 0.5) is 0 Å². The largest absolute Gasteiger partial charge is 0.393 e. The lowest BCUT2D eigenvalue weighted by Gasteiger charge is -2.59. The van der Waals surface area contributed by atoms with Gasteiger partial charge in [0.05, 0.1) is 6.10 Å². The van der Waals surface area contributed by atoms with E-state index >= 15 is 0 Å². The van der Waals surface area contributed by atoms with Crippen LogP contribution in [0.2, 0.25) is 0 Å². The summed E-state index contributed by atoms with van der Waals surface area (Å²) in [6.07, 6.45) is 15.4. The number of aliphatic hydroxyl groups is 1. The average molecular weight is 274 g/mol. The van der Waals surface area contributed by atoms with E-state index < -0.39 is 0 Å².